The Hall–Kier alpha value is -2.81. The molecule has 2 aromatic heterocycles. The molecule has 4 aromatic rings. The fourth-order valence-electron chi connectivity index (χ4n) is 2.59. The number of benzene rings is 2. The number of aryl methyl sites for hydroxylation is 2. The lowest BCUT2D eigenvalue weighted by Crippen LogP contribution is -2.39. The van der Waals surface area contributed by atoms with Crippen LogP contribution in [0.2, 0.25) is 0 Å². The molecule has 0 aliphatic heterocycles. The van der Waals surface area contributed by atoms with E-state index in [4.69, 9.17) is 10.0 Å². The average Bonchev–Trinajstić information content (AvgIpc) is 3.49. The molecule has 0 unspecified atom stereocenters. The number of rotatable bonds is 6. The highest BCUT2D eigenvalue weighted by Crippen LogP contribution is 2.08. The van der Waals surface area contributed by atoms with Gasteiger partial charge in [-0.1, -0.05) is 69.3 Å². The SMILES string of the molecule is CCn1nc(SC)[n+](-c2ccccc2)n1.CCn1nc(SC)[n+](-c2ccccc2)n1.[O-]B([O-])F. The highest BCUT2D eigenvalue weighted by molar-refractivity contribution is 7.98. The molecular weight excluding hydrogens is 478 g/mol. The summed E-state index contributed by atoms with van der Waals surface area (Å²) in [6.07, 6.45) is 4.01. The Bertz CT molecular complexity index is 1030. The van der Waals surface area contributed by atoms with Gasteiger partial charge in [0.05, 0.1) is 20.6 Å². The summed E-state index contributed by atoms with van der Waals surface area (Å²) < 4.78 is 13.6. The summed E-state index contributed by atoms with van der Waals surface area (Å²) in [4.78, 5) is 3.39. The summed E-state index contributed by atoms with van der Waals surface area (Å²) in [7, 11) is -3.17. The van der Waals surface area contributed by atoms with Crippen molar-refractivity contribution in [2.24, 2.45) is 0 Å². The van der Waals surface area contributed by atoms with E-state index in [0.29, 0.717) is 0 Å². The molecule has 0 spiro atoms. The van der Waals surface area contributed by atoms with Crippen LogP contribution in [0.1, 0.15) is 13.8 Å². The molecular formula is C20H26BFN8O2S2. The number of aromatic nitrogens is 8. The zero-order valence-corrected chi connectivity index (χ0v) is 21.0. The van der Waals surface area contributed by atoms with Crippen molar-refractivity contribution in [3.05, 3.63) is 60.7 Å². The summed E-state index contributed by atoms with van der Waals surface area (Å²) in [6, 6.07) is 20.1. The molecule has 0 saturated carbocycles. The molecule has 2 heterocycles. The normalized spacial score (nSPS) is 10.1. The van der Waals surface area contributed by atoms with Gasteiger partial charge in [-0.2, -0.15) is 0 Å². The minimum atomic E-state index is -3.17. The fourth-order valence-corrected chi connectivity index (χ4v) is 3.57. The third-order valence-corrected chi connectivity index (χ3v) is 5.32. The quantitative estimate of drug-likeness (QED) is 0.209. The van der Waals surface area contributed by atoms with E-state index in [2.05, 4.69) is 20.6 Å². The van der Waals surface area contributed by atoms with Gasteiger partial charge in [-0.3, -0.25) is 0 Å². The lowest BCUT2D eigenvalue weighted by Gasteiger charge is -2.09. The van der Waals surface area contributed by atoms with Crippen LogP contribution in [0, 0.1) is 0 Å². The van der Waals surface area contributed by atoms with Crippen molar-refractivity contribution in [3.63, 3.8) is 0 Å². The molecule has 34 heavy (non-hydrogen) atoms. The number of nitrogens with zero attached hydrogens (tertiary/aromatic N) is 8. The Morgan fingerprint density at radius 1 is 0.765 bits per heavy atom. The molecule has 180 valence electrons. The number of thioether (sulfide) groups is 2. The predicted molar refractivity (Wildman–Crippen MR) is 125 cm³/mol. The van der Waals surface area contributed by atoms with Crippen LogP contribution in [0.15, 0.2) is 71.0 Å². The Labute approximate surface area is 206 Å². The summed E-state index contributed by atoms with van der Waals surface area (Å²) in [5.74, 6) is 0. The first-order valence-corrected chi connectivity index (χ1v) is 12.8. The van der Waals surface area contributed by atoms with Crippen LogP contribution in [0.3, 0.4) is 0 Å². The lowest BCUT2D eigenvalue weighted by atomic mass is 10.3. The first-order chi connectivity index (χ1) is 16.4. The van der Waals surface area contributed by atoms with Gasteiger partial charge in [0.2, 0.25) is 0 Å². The van der Waals surface area contributed by atoms with Crippen LogP contribution in [-0.4, -0.2) is 50.1 Å². The topological polar surface area (TPSA) is 115 Å². The van der Waals surface area contributed by atoms with Crippen molar-refractivity contribution in [1.82, 2.24) is 30.2 Å². The molecule has 0 amide bonds. The molecule has 10 nitrogen and oxygen atoms in total. The largest absolute Gasteiger partial charge is 0.867 e. The maximum absolute atomic E-state index is 9.89. The number of tetrazole rings is 2. The van der Waals surface area contributed by atoms with Crippen molar-refractivity contribution in [2.45, 2.75) is 37.2 Å². The lowest BCUT2D eigenvalue weighted by molar-refractivity contribution is -0.699. The van der Waals surface area contributed by atoms with Crippen LogP contribution in [-0.2, 0) is 13.1 Å². The van der Waals surface area contributed by atoms with Crippen molar-refractivity contribution < 1.29 is 23.7 Å². The van der Waals surface area contributed by atoms with Crippen molar-refractivity contribution in [2.75, 3.05) is 12.5 Å². The number of hydrogen-bond acceptors (Lipinski definition) is 8. The van der Waals surface area contributed by atoms with Crippen molar-refractivity contribution >= 4 is 30.9 Å². The van der Waals surface area contributed by atoms with Crippen molar-refractivity contribution in [3.8, 4) is 11.4 Å². The second kappa shape index (κ2) is 14.5. The van der Waals surface area contributed by atoms with E-state index in [9.17, 15) is 4.32 Å². The van der Waals surface area contributed by atoms with Crippen molar-refractivity contribution in [1.29, 1.82) is 0 Å². The molecule has 0 N–H and O–H groups in total. The second-order valence-corrected chi connectivity index (χ2v) is 7.85. The third kappa shape index (κ3) is 8.20. The summed E-state index contributed by atoms with van der Waals surface area (Å²) in [5, 5.41) is 35.9. The van der Waals surface area contributed by atoms with Gasteiger partial charge in [-0.25, -0.2) is 0 Å². The zero-order valence-electron chi connectivity index (χ0n) is 19.4. The van der Waals surface area contributed by atoms with E-state index >= 15 is 0 Å². The van der Waals surface area contributed by atoms with Gasteiger partial charge in [-0.15, -0.1) is 0 Å². The second-order valence-electron chi connectivity index (χ2n) is 6.30. The molecule has 2 aromatic carbocycles. The van der Waals surface area contributed by atoms with Gasteiger partial charge in [0.25, 0.3) is 0 Å². The Balaban J connectivity index is 0.000000208. The molecule has 0 aliphatic rings. The Morgan fingerprint density at radius 3 is 1.35 bits per heavy atom. The molecule has 0 atom stereocenters. The maximum atomic E-state index is 9.89. The molecule has 0 aliphatic carbocycles. The summed E-state index contributed by atoms with van der Waals surface area (Å²) in [5.41, 5.74) is 2.09. The van der Waals surface area contributed by atoms with E-state index < -0.39 is 7.40 Å². The van der Waals surface area contributed by atoms with Crippen LogP contribution in [0.5, 0.6) is 0 Å². The van der Waals surface area contributed by atoms with E-state index in [0.717, 1.165) is 34.8 Å². The number of para-hydroxylation sites is 2. The molecule has 4 rings (SSSR count). The van der Waals surface area contributed by atoms with Crippen LogP contribution < -0.4 is 19.4 Å². The number of halogens is 1. The van der Waals surface area contributed by atoms with E-state index in [1.807, 2.05) is 96.4 Å². The standard InChI is InChI=1S/2C10H13N4S.BFO2/c2*1-3-13-11-10(15-2)14(12-13)9-7-5-4-6-8-9;2-1(3)4/h2*4-8H,3H2,1-2H3;/q2*+1;-2. The minimum Gasteiger partial charge on any atom is -0.867 e. The first kappa shape index (κ1) is 27.4. The highest BCUT2D eigenvalue weighted by Gasteiger charge is 2.19. The van der Waals surface area contributed by atoms with E-state index in [1.54, 1.807) is 33.1 Å². The molecule has 0 saturated heterocycles. The summed E-state index contributed by atoms with van der Waals surface area (Å²) in [6.45, 7) is 5.62. The van der Waals surface area contributed by atoms with Gasteiger partial charge in [0.15, 0.2) is 0 Å². The zero-order chi connectivity index (χ0) is 24.9. The fraction of sp³-hybridized carbons (Fsp3) is 0.300. The smallest absolute Gasteiger partial charge is 0.362 e. The Kier molecular flexibility index (Phi) is 11.7. The Morgan fingerprint density at radius 2 is 1.09 bits per heavy atom. The van der Waals surface area contributed by atoms with Gasteiger partial charge >= 0.3 is 10.3 Å². The van der Waals surface area contributed by atoms with E-state index in [1.165, 1.54) is 0 Å². The molecule has 14 heteroatoms. The van der Waals surface area contributed by atoms with Gasteiger partial charge < -0.3 is 14.4 Å². The van der Waals surface area contributed by atoms with Gasteiger partial charge in [0, 0.05) is 0 Å². The molecule has 0 bridgehead atoms. The highest BCUT2D eigenvalue weighted by atomic mass is 32.2. The van der Waals surface area contributed by atoms with Gasteiger partial charge in [-0.05, 0) is 60.2 Å². The monoisotopic (exact) mass is 504 g/mol. The first-order valence-electron chi connectivity index (χ1n) is 10.3. The third-order valence-electron chi connectivity index (χ3n) is 4.08. The molecule has 0 fully saturated rings. The average molecular weight is 504 g/mol. The van der Waals surface area contributed by atoms with E-state index in [-0.39, 0.29) is 0 Å². The predicted octanol–water partition coefficient (Wildman–Crippen LogP) is 0.255. The van der Waals surface area contributed by atoms with Crippen LogP contribution in [0.4, 0.5) is 4.32 Å². The molecule has 0 radical (unpaired) electrons. The van der Waals surface area contributed by atoms with Crippen LogP contribution in [0.25, 0.3) is 11.4 Å². The summed E-state index contributed by atoms with van der Waals surface area (Å²) >= 11 is 3.19. The number of hydrogen-bond donors (Lipinski definition) is 0. The minimum absolute atomic E-state index is 0.785. The van der Waals surface area contributed by atoms with Crippen LogP contribution >= 0.6 is 23.5 Å². The van der Waals surface area contributed by atoms with Gasteiger partial charge in [0.1, 0.15) is 31.9 Å². The maximum Gasteiger partial charge on any atom is 0.362 e.